The van der Waals surface area contributed by atoms with Crippen LogP contribution in [0, 0.1) is 0 Å². The SMILES string of the molecule is CCCn1ccnc(NCC2Cc3ccccc32)c1=O. The quantitative estimate of drug-likeness (QED) is 0.906. The molecule has 1 aliphatic carbocycles. The molecular formula is C16H19N3O. The molecule has 0 saturated carbocycles. The summed E-state index contributed by atoms with van der Waals surface area (Å²) in [7, 11) is 0. The maximum atomic E-state index is 12.2. The van der Waals surface area contributed by atoms with Crippen LogP contribution in [-0.4, -0.2) is 16.1 Å². The number of nitrogens with zero attached hydrogens (tertiary/aromatic N) is 2. The molecule has 0 fully saturated rings. The van der Waals surface area contributed by atoms with Crippen LogP contribution in [0.25, 0.3) is 0 Å². The molecular weight excluding hydrogens is 250 g/mol. The van der Waals surface area contributed by atoms with E-state index in [4.69, 9.17) is 0 Å². The number of aryl methyl sites for hydroxylation is 1. The van der Waals surface area contributed by atoms with Crippen LogP contribution >= 0.6 is 0 Å². The normalized spacial score (nSPS) is 16.4. The van der Waals surface area contributed by atoms with Crippen molar-refractivity contribution in [2.45, 2.75) is 32.2 Å². The molecule has 1 unspecified atom stereocenters. The molecule has 0 bridgehead atoms. The second-order valence-corrected chi connectivity index (χ2v) is 5.26. The van der Waals surface area contributed by atoms with Gasteiger partial charge in [-0.2, -0.15) is 0 Å². The van der Waals surface area contributed by atoms with Crippen molar-refractivity contribution in [2.24, 2.45) is 0 Å². The number of anilines is 1. The maximum Gasteiger partial charge on any atom is 0.293 e. The van der Waals surface area contributed by atoms with Crippen molar-refractivity contribution in [3.63, 3.8) is 0 Å². The molecule has 104 valence electrons. The van der Waals surface area contributed by atoms with Crippen molar-refractivity contribution < 1.29 is 0 Å². The van der Waals surface area contributed by atoms with E-state index in [1.165, 1.54) is 11.1 Å². The van der Waals surface area contributed by atoms with Gasteiger partial charge in [-0.15, -0.1) is 0 Å². The number of hydrogen-bond acceptors (Lipinski definition) is 3. The molecule has 2 aromatic rings. The van der Waals surface area contributed by atoms with Crippen molar-refractivity contribution in [2.75, 3.05) is 11.9 Å². The zero-order chi connectivity index (χ0) is 13.9. The van der Waals surface area contributed by atoms with Crippen molar-refractivity contribution in [3.05, 3.63) is 58.1 Å². The topological polar surface area (TPSA) is 46.9 Å². The molecule has 3 rings (SSSR count). The fourth-order valence-electron chi connectivity index (χ4n) is 2.75. The highest BCUT2D eigenvalue weighted by Crippen LogP contribution is 2.34. The van der Waals surface area contributed by atoms with Crippen LogP contribution < -0.4 is 10.9 Å². The van der Waals surface area contributed by atoms with Crippen LogP contribution in [0.3, 0.4) is 0 Å². The van der Waals surface area contributed by atoms with Gasteiger partial charge < -0.3 is 9.88 Å². The summed E-state index contributed by atoms with van der Waals surface area (Å²) in [5, 5.41) is 3.21. The van der Waals surface area contributed by atoms with Crippen LogP contribution in [0.4, 0.5) is 5.82 Å². The largest absolute Gasteiger partial charge is 0.365 e. The van der Waals surface area contributed by atoms with E-state index in [2.05, 4.69) is 41.5 Å². The van der Waals surface area contributed by atoms with Gasteiger partial charge in [0.15, 0.2) is 5.82 Å². The second-order valence-electron chi connectivity index (χ2n) is 5.26. The van der Waals surface area contributed by atoms with Crippen LogP contribution in [0.15, 0.2) is 41.5 Å². The summed E-state index contributed by atoms with van der Waals surface area (Å²) in [6.07, 6.45) is 5.46. The minimum Gasteiger partial charge on any atom is -0.365 e. The van der Waals surface area contributed by atoms with E-state index in [1.807, 2.05) is 0 Å². The number of benzene rings is 1. The van der Waals surface area contributed by atoms with Crippen molar-refractivity contribution >= 4 is 5.82 Å². The third-order valence-electron chi connectivity index (χ3n) is 3.86. The lowest BCUT2D eigenvalue weighted by atomic mass is 9.78. The molecule has 4 nitrogen and oxygen atoms in total. The highest BCUT2D eigenvalue weighted by molar-refractivity contribution is 5.42. The maximum absolute atomic E-state index is 12.2. The van der Waals surface area contributed by atoms with Crippen LogP contribution in [-0.2, 0) is 13.0 Å². The number of rotatable bonds is 5. The van der Waals surface area contributed by atoms with Gasteiger partial charge in [0.1, 0.15) is 0 Å². The monoisotopic (exact) mass is 269 g/mol. The van der Waals surface area contributed by atoms with Gasteiger partial charge in [-0.25, -0.2) is 4.98 Å². The standard InChI is InChI=1S/C16H19N3O/c1-2-8-19-9-7-17-15(16(19)20)18-11-13-10-12-5-3-4-6-14(12)13/h3-7,9,13H,2,8,10-11H2,1H3,(H,17,18). The summed E-state index contributed by atoms with van der Waals surface area (Å²) >= 11 is 0. The van der Waals surface area contributed by atoms with Gasteiger partial charge in [-0.05, 0) is 24.0 Å². The Balaban J connectivity index is 1.68. The first-order valence-corrected chi connectivity index (χ1v) is 7.16. The third kappa shape index (κ3) is 2.33. The van der Waals surface area contributed by atoms with Crippen molar-refractivity contribution in [3.8, 4) is 0 Å². The predicted octanol–water partition coefficient (Wildman–Crippen LogP) is 2.41. The molecule has 4 heteroatoms. The Morgan fingerprint density at radius 2 is 2.25 bits per heavy atom. The molecule has 0 aliphatic heterocycles. The second kappa shape index (κ2) is 5.49. The summed E-state index contributed by atoms with van der Waals surface area (Å²) in [5.74, 6) is 0.956. The molecule has 20 heavy (non-hydrogen) atoms. The van der Waals surface area contributed by atoms with E-state index in [9.17, 15) is 4.79 Å². The summed E-state index contributed by atoms with van der Waals surface area (Å²) in [4.78, 5) is 16.3. The van der Waals surface area contributed by atoms with Gasteiger partial charge in [0, 0.05) is 31.4 Å². The Morgan fingerprint density at radius 1 is 1.40 bits per heavy atom. The van der Waals surface area contributed by atoms with E-state index in [1.54, 1.807) is 17.0 Å². The van der Waals surface area contributed by atoms with Gasteiger partial charge >= 0.3 is 0 Å². The van der Waals surface area contributed by atoms with Crippen molar-refractivity contribution in [1.29, 1.82) is 0 Å². The zero-order valence-electron chi connectivity index (χ0n) is 11.7. The third-order valence-corrected chi connectivity index (χ3v) is 3.86. The average Bonchev–Trinajstić information content (AvgIpc) is 2.44. The first kappa shape index (κ1) is 12.9. The molecule has 1 atom stereocenters. The van der Waals surface area contributed by atoms with E-state index in [0.717, 1.165) is 25.9 Å². The number of fused-ring (bicyclic) bond motifs is 1. The Kier molecular flexibility index (Phi) is 3.54. The number of nitrogens with one attached hydrogen (secondary N) is 1. The van der Waals surface area contributed by atoms with Crippen LogP contribution in [0.1, 0.15) is 30.4 Å². The lowest BCUT2D eigenvalue weighted by Crippen LogP contribution is -2.29. The van der Waals surface area contributed by atoms with Crippen molar-refractivity contribution in [1.82, 2.24) is 9.55 Å². The van der Waals surface area contributed by atoms with E-state index >= 15 is 0 Å². The first-order valence-electron chi connectivity index (χ1n) is 7.16. The molecule has 1 aliphatic rings. The molecule has 0 amide bonds. The van der Waals surface area contributed by atoms with E-state index in [0.29, 0.717) is 11.7 Å². The lowest BCUT2D eigenvalue weighted by molar-refractivity contribution is 0.626. The van der Waals surface area contributed by atoms with Gasteiger partial charge in [-0.3, -0.25) is 4.79 Å². The van der Waals surface area contributed by atoms with Gasteiger partial charge in [0.25, 0.3) is 5.56 Å². The lowest BCUT2D eigenvalue weighted by Gasteiger charge is -2.30. The molecule has 1 N–H and O–H groups in total. The van der Waals surface area contributed by atoms with E-state index < -0.39 is 0 Å². The Labute approximate surface area is 118 Å². The summed E-state index contributed by atoms with van der Waals surface area (Å²) in [6, 6.07) is 8.48. The minimum atomic E-state index is -0.0260. The van der Waals surface area contributed by atoms with Gasteiger partial charge in [0.2, 0.25) is 0 Å². The minimum absolute atomic E-state index is 0.0260. The number of aromatic nitrogens is 2. The van der Waals surface area contributed by atoms with Crippen LogP contribution in [0.5, 0.6) is 0 Å². The highest BCUT2D eigenvalue weighted by atomic mass is 16.1. The summed E-state index contributed by atoms with van der Waals surface area (Å²) < 4.78 is 1.71. The molecule has 1 heterocycles. The Hall–Kier alpha value is -2.10. The Bertz CT molecular complexity index is 663. The smallest absolute Gasteiger partial charge is 0.293 e. The van der Waals surface area contributed by atoms with E-state index in [-0.39, 0.29) is 5.56 Å². The van der Waals surface area contributed by atoms with Gasteiger partial charge in [-0.1, -0.05) is 31.2 Å². The Morgan fingerprint density at radius 3 is 3.05 bits per heavy atom. The molecule has 0 saturated heterocycles. The van der Waals surface area contributed by atoms with Crippen LogP contribution in [0.2, 0.25) is 0 Å². The summed E-state index contributed by atoms with van der Waals surface area (Å²) in [5.41, 5.74) is 2.79. The fourth-order valence-corrected chi connectivity index (χ4v) is 2.75. The first-order chi connectivity index (χ1) is 9.79. The average molecular weight is 269 g/mol. The van der Waals surface area contributed by atoms with Gasteiger partial charge in [0.05, 0.1) is 0 Å². The molecule has 0 radical (unpaired) electrons. The highest BCUT2D eigenvalue weighted by Gasteiger charge is 2.25. The molecule has 1 aromatic carbocycles. The molecule has 1 aromatic heterocycles. The zero-order valence-corrected chi connectivity index (χ0v) is 11.7. The molecule has 0 spiro atoms. The number of hydrogen-bond donors (Lipinski definition) is 1. The fraction of sp³-hybridized carbons (Fsp3) is 0.375. The summed E-state index contributed by atoms with van der Waals surface area (Å²) in [6.45, 7) is 3.57. The predicted molar refractivity (Wildman–Crippen MR) is 80.2 cm³/mol.